The zero-order chi connectivity index (χ0) is 24.8. The molecule has 188 valence electrons. The number of phenolic OH excluding ortho intramolecular Hbond substituents is 1. The number of nitrogen functional groups attached to an aromatic ring is 1. The summed E-state index contributed by atoms with van der Waals surface area (Å²) in [5, 5.41) is 11.0. The van der Waals surface area contributed by atoms with E-state index in [1.165, 1.54) is 0 Å². The van der Waals surface area contributed by atoms with Crippen molar-refractivity contribution in [1.82, 2.24) is 0 Å². The fourth-order valence-corrected chi connectivity index (χ4v) is 3.84. The van der Waals surface area contributed by atoms with Crippen molar-refractivity contribution in [2.75, 3.05) is 12.3 Å². The molecule has 0 aliphatic heterocycles. The molecule has 1 aromatic carbocycles. The van der Waals surface area contributed by atoms with E-state index >= 15 is 0 Å². The van der Waals surface area contributed by atoms with Gasteiger partial charge in [0, 0.05) is 36.1 Å². The van der Waals surface area contributed by atoms with Gasteiger partial charge in [0.15, 0.2) is 29.2 Å². The number of hydrogen-bond donors (Lipinski definition) is 2. The highest BCUT2D eigenvalue weighted by atomic mass is 16.5. The van der Waals surface area contributed by atoms with Crippen LogP contribution in [0.5, 0.6) is 11.5 Å². The number of rotatable bonds is 18. The molecule has 0 bridgehead atoms. The highest BCUT2D eigenvalue weighted by Crippen LogP contribution is 2.38. The molecule has 33 heavy (non-hydrogen) atoms. The van der Waals surface area contributed by atoms with Gasteiger partial charge >= 0.3 is 0 Å². The summed E-state index contributed by atoms with van der Waals surface area (Å²) in [6.07, 6.45) is 6.56. The smallest absolute Gasteiger partial charge is 0.173 e. The maximum atomic E-state index is 12.6. The van der Waals surface area contributed by atoms with Crippen LogP contribution in [0, 0.1) is 0 Å². The number of aromatic hydroxyl groups is 1. The van der Waals surface area contributed by atoms with Crippen molar-refractivity contribution >= 4 is 17.3 Å². The van der Waals surface area contributed by atoms with Gasteiger partial charge in [-0.15, -0.1) is 0 Å². The predicted octanol–water partition coefficient (Wildman–Crippen LogP) is 6.33. The van der Waals surface area contributed by atoms with E-state index in [1.807, 2.05) is 20.8 Å². The molecule has 1 aromatic rings. The van der Waals surface area contributed by atoms with Gasteiger partial charge in [-0.3, -0.25) is 9.59 Å². The average Bonchev–Trinajstić information content (AvgIpc) is 2.78. The van der Waals surface area contributed by atoms with Crippen LogP contribution in [-0.2, 0) is 14.3 Å². The van der Waals surface area contributed by atoms with E-state index in [-0.39, 0.29) is 35.6 Å². The first kappa shape index (κ1) is 29.0. The Hall–Kier alpha value is -2.08. The van der Waals surface area contributed by atoms with Crippen molar-refractivity contribution in [2.24, 2.45) is 0 Å². The summed E-state index contributed by atoms with van der Waals surface area (Å²) in [4.78, 5) is 25.0. The van der Waals surface area contributed by atoms with Crippen LogP contribution < -0.4 is 10.5 Å². The van der Waals surface area contributed by atoms with Crippen LogP contribution in [0.25, 0.3) is 0 Å². The zero-order valence-electron chi connectivity index (χ0n) is 21.3. The molecule has 0 saturated heterocycles. The number of anilines is 1. The molecule has 6 nitrogen and oxygen atoms in total. The quantitative estimate of drug-likeness (QED) is 0.195. The summed E-state index contributed by atoms with van der Waals surface area (Å²) in [5.74, 6) is 0.184. The van der Waals surface area contributed by atoms with E-state index in [0.29, 0.717) is 36.9 Å². The maximum absolute atomic E-state index is 12.6. The summed E-state index contributed by atoms with van der Waals surface area (Å²) in [7, 11) is 0. The Morgan fingerprint density at radius 2 is 1.45 bits per heavy atom. The fourth-order valence-electron chi connectivity index (χ4n) is 3.84. The number of unbranched alkanes of at least 4 members (excludes halogenated alkanes) is 2. The third kappa shape index (κ3) is 9.75. The van der Waals surface area contributed by atoms with Crippen LogP contribution in [-0.4, -0.2) is 35.5 Å². The van der Waals surface area contributed by atoms with E-state index in [1.54, 1.807) is 12.1 Å². The van der Waals surface area contributed by atoms with Crippen molar-refractivity contribution in [3.63, 3.8) is 0 Å². The molecule has 0 aliphatic rings. The summed E-state index contributed by atoms with van der Waals surface area (Å²) in [6, 6.07) is 3.28. The standard InChI is InChI=1S/C27H45NO5/c1-6-10-14-24(22(29)12-8-3)32-18-19(5)21-16-20(28)17-26(27(21)31)33-25(15-11-7-2)23(30)13-9-4/h16-17,19,24-25,31H,6-15,18,28H2,1-5H3. The number of carbonyl (C=O) groups excluding carboxylic acids is 2. The third-order valence-corrected chi connectivity index (χ3v) is 5.83. The number of Topliss-reactive ketones (excluding diaryl/α,β-unsaturated/α-hetero) is 2. The predicted molar refractivity (Wildman–Crippen MR) is 134 cm³/mol. The molecule has 0 saturated carbocycles. The lowest BCUT2D eigenvalue weighted by atomic mass is 9.98. The van der Waals surface area contributed by atoms with E-state index < -0.39 is 12.2 Å². The lowest BCUT2D eigenvalue weighted by Gasteiger charge is -2.23. The molecular formula is C27H45NO5. The highest BCUT2D eigenvalue weighted by molar-refractivity contribution is 5.83. The van der Waals surface area contributed by atoms with Crippen LogP contribution in [0.3, 0.4) is 0 Å². The molecular weight excluding hydrogens is 418 g/mol. The van der Waals surface area contributed by atoms with Crippen LogP contribution in [0.1, 0.15) is 110 Å². The van der Waals surface area contributed by atoms with Crippen molar-refractivity contribution < 1.29 is 24.2 Å². The second kappa shape index (κ2) is 15.7. The molecule has 1 rings (SSSR count). The van der Waals surface area contributed by atoms with Gasteiger partial charge in [-0.05, 0) is 38.2 Å². The molecule has 0 amide bonds. The molecule has 0 fully saturated rings. The molecule has 0 aliphatic carbocycles. The number of hydrogen-bond acceptors (Lipinski definition) is 6. The van der Waals surface area contributed by atoms with Crippen molar-refractivity contribution in [2.45, 2.75) is 117 Å². The van der Waals surface area contributed by atoms with Crippen molar-refractivity contribution in [3.05, 3.63) is 17.7 Å². The van der Waals surface area contributed by atoms with Crippen molar-refractivity contribution in [3.8, 4) is 11.5 Å². The Morgan fingerprint density at radius 3 is 2.00 bits per heavy atom. The van der Waals surface area contributed by atoms with E-state index in [9.17, 15) is 14.7 Å². The monoisotopic (exact) mass is 463 g/mol. The number of ether oxygens (including phenoxy) is 2. The molecule has 0 spiro atoms. The first-order valence-electron chi connectivity index (χ1n) is 12.7. The average molecular weight is 464 g/mol. The Kier molecular flexibility index (Phi) is 13.8. The third-order valence-electron chi connectivity index (χ3n) is 5.83. The van der Waals surface area contributed by atoms with Crippen LogP contribution in [0.2, 0.25) is 0 Å². The molecule has 0 heterocycles. The normalized spacial score (nSPS) is 14.0. The van der Waals surface area contributed by atoms with Crippen molar-refractivity contribution in [1.29, 1.82) is 0 Å². The van der Waals surface area contributed by atoms with Gasteiger partial charge < -0.3 is 20.3 Å². The van der Waals surface area contributed by atoms with Gasteiger partial charge in [0.1, 0.15) is 6.10 Å². The van der Waals surface area contributed by atoms with Gasteiger partial charge in [-0.25, -0.2) is 0 Å². The van der Waals surface area contributed by atoms with Crippen LogP contribution >= 0.6 is 0 Å². The fraction of sp³-hybridized carbons (Fsp3) is 0.704. The van der Waals surface area contributed by atoms with E-state index in [2.05, 4.69) is 13.8 Å². The Labute approximate surface area is 200 Å². The maximum Gasteiger partial charge on any atom is 0.173 e. The van der Waals surface area contributed by atoms with Gasteiger partial charge in [-0.1, -0.05) is 53.9 Å². The van der Waals surface area contributed by atoms with Gasteiger partial charge in [-0.2, -0.15) is 0 Å². The van der Waals surface area contributed by atoms with Gasteiger partial charge in [0.25, 0.3) is 0 Å². The van der Waals surface area contributed by atoms with E-state index in [0.717, 1.165) is 38.5 Å². The molecule has 0 aromatic heterocycles. The summed E-state index contributed by atoms with van der Waals surface area (Å²) >= 11 is 0. The Morgan fingerprint density at radius 1 is 0.909 bits per heavy atom. The lowest BCUT2D eigenvalue weighted by Crippen LogP contribution is -2.27. The second-order valence-corrected chi connectivity index (χ2v) is 9.00. The number of carbonyl (C=O) groups is 2. The Bertz CT molecular complexity index is 733. The van der Waals surface area contributed by atoms with Crippen LogP contribution in [0.15, 0.2) is 12.1 Å². The SMILES string of the molecule is CCCCC(OCC(C)c1cc(N)cc(OC(CCCC)C(=O)CCC)c1O)C(=O)CCC. The summed E-state index contributed by atoms with van der Waals surface area (Å²) < 4.78 is 12.0. The number of nitrogens with two attached hydrogens (primary N) is 1. The topological polar surface area (TPSA) is 98.8 Å². The summed E-state index contributed by atoms with van der Waals surface area (Å²) in [6.45, 7) is 10.3. The summed E-state index contributed by atoms with van der Waals surface area (Å²) in [5.41, 5.74) is 7.16. The molecule has 3 unspecified atom stereocenters. The molecule has 0 radical (unpaired) electrons. The van der Waals surface area contributed by atoms with E-state index in [4.69, 9.17) is 15.2 Å². The first-order chi connectivity index (χ1) is 15.8. The van der Waals surface area contributed by atoms with Gasteiger partial charge in [0.2, 0.25) is 0 Å². The second-order valence-electron chi connectivity index (χ2n) is 9.00. The minimum Gasteiger partial charge on any atom is -0.504 e. The Balaban J connectivity index is 3.02. The first-order valence-corrected chi connectivity index (χ1v) is 12.7. The van der Waals surface area contributed by atoms with Gasteiger partial charge in [0.05, 0.1) is 6.61 Å². The largest absolute Gasteiger partial charge is 0.504 e. The number of ketones is 2. The minimum atomic E-state index is -0.595. The molecule has 3 N–H and O–H groups in total. The highest BCUT2D eigenvalue weighted by Gasteiger charge is 2.24. The zero-order valence-corrected chi connectivity index (χ0v) is 21.3. The molecule has 6 heteroatoms. The lowest BCUT2D eigenvalue weighted by molar-refractivity contribution is -0.131. The minimum absolute atomic E-state index is 0.0175. The van der Waals surface area contributed by atoms with Crippen LogP contribution in [0.4, 0.5) is 5.69 Å². The number of phenols is 1. The molecule has 3 atom stereocenters. The number of benzene rings is 1.